The molecule has 0 spiro atoms. The van der Waals surface area contributed by atoms with Gasteiger partial charge in [0, 0.05) is 47.7 Å². The molecule has 116 valence electrons. The molecule has 0 unspecified atom stereocenters. The Morgan fingerprint density at radius 2 is 1.95 bits per heavy atom. The Balaban J connectivity index is 1.46. The molecule has 0 saturated carbocycles. The number of aromatic nitrogens is 1. The van der Waals surface area contributed by atoms with Crippen molar-refractivity contribution in [3.63, 3.8) is 0 Å². The second kappa shape index (κ2) is 7.35. The molecule has 1 fully saturated rings. The molecule has 0 radical (unpaired) electrons. The first-order chi connectivity index (χ1) is 10.7. The van der Waals surface area contributed by atoms with Crippen molar-refractivity contribution in [1.82, 2.24) is 9.88 Å². The number of carbonyl (C=O) groups excluding carboxylic acids is 1. The van der Waals surface area contributed by atoms with E-state index in [1.54, 1.807) is 23.1 Å². The third kappa shape index (κ3) is 3.94. The number of piperazine rings is 1. The molecule has 4 nitrogen and oxygen atoms in total. The molecule has 1 aliphatic heterocycles. The number of nitrogens with zero attached hydrogens (tertiary/aromatic N) is 3. The van der Waals surface area contributed by atoms with E-state index >= 15 is 0 Å². The molecular weight excluding hydrogens is 338 g/mol. The number of thioether (sulfide) groups is 1. The summed E-state index contributed by atoms with van der Waals surface area (Å²) >= 11 is 9.06. The van der Waals surface area contributed by atoms with Crippen molar-refractivity contribution < 1.29 is 4.79 Å². The van der Waals surface area contributed by atoms with Crippen LogP contribution in [0.25, 0.3) is 0 Å². The summed E-state index contributed by atoms with van der Waals surface area (Å²) in [5.74, 6) is 0.664. The number of anilines is 1. The Bertz CT molecular complexity index is 610. The molecule has 1 aliphatic rings. The number of thiazole rings is 1. The summed E-state index contributed by atoms with van der Waals surface area (Å²) in [5, 5.41) is 3.74. The predicted molar refractivity (Wildman–Crippen MR) is 93.1 cm³/mol. The monoisotopic (exact) mass is 353 g/mol. The zero-order chi connectivity index (χ0) is 15.4. The summed E-state index contributed by atoms with van der Waals surface area (Å²) in [6.45, 7) is 3.23. The van der Waals surface area contributed by atoms with Gasteiger partial charge in [-0.25, -0.2) is 4.98 Å². The van der Waals surface area contributed by atoms with Gasteiger partial charge < -0.3 is 9.80 Å². The zero-order valence-electron chi connectivity index (χ0n) is 11.9. The fourth-order valence-corrected chi connectivity index (χ4v) is 3.91. The molecule has 7 heteroatoms. The zero-order valence-corrected chi connectivity index (χ0v) is 14.3. The van der Waals surface area contributed by atoms with Gasteiger partial charge in [-0.2, -0.15) is 0 Å². The van der Waals surface area contributed by atoms with Crippen LogP contribution in [0.5, 0.6) is 0 Å². The normalized spacial score (nSPS) is 15.1. The molecule has 22 heavy (non-hydrogen) atoms. The molecule has 0 N–H and O–H groups in total. The third-order valence-corrected chi connectivity index (χ3v) is 5.58. The Morgan fingerprint density at radius 3 is 2.59 bits per heavy atom. The van der Waals surface area contributed by atoms with Crippen molar-refractivity contribution in [2.75, 3.05) is 36.8 Å². The SMILES string of the molecule is O=C(CSc1ccc(Cl)cc1)N1CCN(c2nccs2)CC1. The van der Waals surface area contributed by atoms with Crippen LogP contribution in [0.3, 0.4) is 0 Å². The molecule has 1 amide bonds. The van der Waals surface area contributed by atoms with Crippen molar-refractivity contribution in [2.45, 2.75) is 4.90 Å². The van der Waals surface area contributed by atoms with Gasteiger partial charge in [-0.1, -0.05) is 11.6 Å². The summed E-state index contributed by atoms with van der Waals surface area (Å²) in [4.78, 5) is 21.8. The first-order valence-corrected chi connectivity index (χ1v) is 9.27. The van der Waals surface area contributed by atoms with Crippen molar-refractivity contribution in [2.24, 2.45) is 0 Å². The minimum Gasteiger partial charge on any atom is -0.345 e. The number of hydrogen-bond acceptors (Lipinski definition) is 5. The summed E-state index contributed by atoms with van der Waals surface area (Å²) in [7, 11) is 0. The van der Waals surface area contributed by atoms with Crippen LogP contribution in [0.2, 0.25) is 5.02 Å². The number of amides is 1. The van der Waals surface area contributed by atoms with Crippen LogP contribution in [0.1, 0.15) is 0 Å². The third-order valence-electron chi connectivity index (χ3n) is 3.50. The highest BCUT2D eigenvalue weighted by Gasteiger charge is 2.22. The molecular formula is C15H16ClN3OS2. The lowest BCUT2D eigenvalue weighted by atomic mass is 10.3. The van der Waals surface area contributed by atoms with Gasteiger partial charge in [0.2, 0.25) is 5.91 Å². The van der Waals surface area contributed by atoms with Crippen LogP contribution in [-0.2, 0) is 4.79 Å². The smallest absolute Gasteiger partial charge is 0.233 e. The van der Waals surface area contributed by atoms with E-state index in [0.29, 0.717) is 10.8 Å². The number of benzene rings is 1. The van der Waals surface area contributed by atoms with Crippen LogP contribution in [-0.4, -0.2) is 47.7 Å². The highest BCUT2D eigenvalue weighted by Crippen LogP contribution is 2.22. The molecule has 0 bridgehead atoms. The summed E-state index contributed by atoms with van der Waals surface area (Å²) in [6.07, 6.45) is 1.82. The van der Waals surface area contributed by atoms with Crippen molar-refractivity contribution in [3.8, 4) is 0 Å². The Kier molecular flexibility index (Phi) is 5.23. The Hall–Kier alpha value is -1.24. The van der Waals surface area contributed by atoms with Gasteiger partial charge in [-0.3, -0.25) is 4.79 Å². The maximum atomic E-state index is 12.3. The van der Waals surface area contributed by atoms with Crippen LogP contribution in [0.15, 0.2) is 40.7 Å². The molecule has 3 rings (SSSR count). The maximum absolute atomic E-state index is 12.3. The Labute approximate surface area is 143 Å². The van der Waals surface area contributed by atoms with Gasteiger partial charge in [0.1, 0.15) is 0 Å². The highest BCUT2D eigenvalue weighted by atomic mass is 35.5. The van der Waals surface area contributed by atoms with E-state index in [1.807, 2.05) is 40.7 Å². The second-order valence-electron chi connectivity index (χ2n) is 4.93. The lowest BCUT2D eigenvalue weighted by Crippen LogP contribution is -2.49. The fourth-order valence-electron chi connectivity index (χ4n) is 2.29. The number of halogens is 1. The van der Waals surface area contributed by atoms with Crippen molar-refractivity contribution in [1.29, 1.82) is 0 Å². The lowest BCUT2D eigenvalue weighted by molar-refractivity contribution is -0.128. The molecule has 1 aromatic carbocycles. The van der Waals surface area contributed by atoms with Crippen LogP contribution < -0.4 is 4.90 Å². The van der Waals surface area contributed by atoms with E-state index in [4.69, 9.17) is 11.6 Å². The first kappa shape index (κ1) is 15.6. The van der Waals surface area contributed by atoms with Gasteiger partial charge in [0.25, 0.3) is 0 Å². The molecule has 1 saturated heterocycles. The van der Waals surface area contributed by atoms with Crippen LogP contribution in [0.4, 0.5) is 5.13 Å². The minimum atomic E-state index is 0.193. The van der Waals surface area contributed by atoms with E-state index in [0.717, 1.165) is 36.2 Å². The van der Waals surface area contributed by atoms with Gasteiger partial charge >= 0.3 is 0 Å². The largest absolute Gasteiger partial charge is 0.345 e. The van der Waals surface area contributed by atoms with E-state index < -0.39 is 0 Å². The quantitative estimate of drug-likeness (QED) is 0.791. The number of rotatable bonds is 4. The molecule has 0 atom stereocenters. The van der Waals surface area contributed by atoms with E-state index in [2.05, 4.69) is 9.88 Å². The second-order valence-corrected chi connectivity index (χ2v) is 7.28. The van der Waals surface area contributed by atoms with Crippen molar-refractivity contribution in [3.05, 3.63) is 40.9 Å². The van der Waals surface area contributed by atoms with E-state index in [1.165, 1.54) is 0 Å². The van der Waals surface area contributed by atoms with Gasteiger partial charge in [0.05, 0.1) is 5.75 Å². The van der Waals surface area contributed by atoms with Crippen LogP contribution >= 0.6 is 34.7 Å². The molecule has 2 heterocycles. The maximum Gasteiger partial charge on any atom is 0.233 e. The van der Waals surface area contributed by atoms with Crippen LogP contribution in [0, 0.1) is 0 Å². The standard InChI is InChI=1S/C15H16ClN3OS2/c16-12-1-3-13(4-2-12)22-11-14(20)18-6-8-19(9-7-18)15-17-5-10-21-15/h1-5,10H,6-9,11H2. The summed E-state index contributed by atoms with van der Waals surface area (Å²) in [5.41, 5.74) is 0. The molecule has 2 aromatic rings. The first-order valence-electron chi connectivity index (χ1n) is 7.03. The Morgan fingerprint density at radius 1 is 1.23 bits per heavy atom. The number of carbonyl (C=O) groups is 1. The predicted octanol–water partition coefficient (Wildman–Crippen LogP) is 3.24. The summed E-state index contributed by atoms with van der Waals surface area (Å²) < 4.78 is 0. The molecule has 1 aromatic heterocycles. The highest BCUT2D eigenvalue weighted by molar-refractivity contribution is 8.00. The average molecular weight is 354 g/mol. The summed E-state index contributed by atoms with van der Waals surface area (Å²) in [6, 6.07) is 7.59. The molecule has 0 aliphatic carbocycles. The topological polar surface area (TPSA) is 36.4 Å². The lowest BCUT2D eigenvalue weighted by Gasteiger charge is -2.34. The van der Waals surface area contributed by atoms with Gasteiger partial charge in [-0.15, -0.1) is 23.1 Å². The van der Waals surface area contributed by atoms with E-state index in [9.17, 15) is 4.79 Å². The van der Waals surface area contributed by atoms with Gasteiger partial charge in [0.15, 0.2) is 5.13 Å². The minimum absolute atomic E-state index is 0.193. The number of hydrogen-bond donors (Lipinski definition) is 0. The fraction of sp³-hybridized carbons (Fsp3) is 0.333. The average Bonchev–Trinajstić information content (AvgIpc) is 3.09. The van der Waals surface area contributed by atoms with Gasteiger partial charge in [-0.05, 0) is 24.3 Å². The van der Waals surface area contributed by atoms with Crippen molar-refractivity contribution >= 4 is 45.7 Å². The van der Waals surface area contributed by atoms with E-state index in [-0.39, 0.29) is 5.91 Å².